The van der Waals surface area contributed by atoms with Crippen molar-refractivity contribution in [1.82, 2.24) is 9.97 Å². The van der Waals surface area contributed by atoms with E-state index in [0.717, 1.165) is 11.1 Å². The normalized spacial score (nSPS) is 11.1. The molecular formula is C16H18N2O4. The number of fused-ring (bicyclic) bond motifs is 1. The maximum Gasteiger partial charge on any atom is 0.211 e. The van der Waals surface area contributed by atoms with E-state index in [9.17, 15) is 0 Å². The SMILES string of the molecule is COc1cc(OC(C)C)c2cc(-c3ncc(OC)[nH]3)oc2c1. The Morgan fingerprint density at radius 2 is 1.95 bits per heavy atom. The summed E-state index contributed by atoms with van der Waals surface area (Å²) < 4.78 is 22.1. The van der Waals surface area contributed by atoms with E-state index in [1.807, 2.05) is 32.0 Å². The van der Waals surface area contributed by atoms with Crippen molar-refractivity contribution in [1.29, 1.82) is 0 Å². The summed E-state index contributed by atoms with van der Waals surface area (Å²) in [6, 6.07) is 5.57. The van der Waals surface area contributed by atoms with Crippen molar-refractivity contribution in [2.45, 2.75) is 20.0 Å². The number of hydrogen-bond acceptors (Lipinski definition) is 5. The van der Waals surface area contributed by atoms with E-state index in [2.05, 4.69) is 9.97 Å². The molecule has 6 nitrogen and oxygen atoms in total. The fourth-order valence-corrected chi connectivity index (χ4v) is 2.20. The summed E-state index contributed by atoms with van der Waals surface area (Å²) in [5, 5.41) is 0.875. The minimum absolute atomic E-state index is 0.0531. The van der Waals surface area contributed by atoms with Crippen LogP contribution in [0.25, 0.3) is 22.6 Å². The largest absolute Gasteiger partial charge is 0.496 e. The second kappa shape index (κ2) is 5.63. The van der Waals surface area contributed by atoms with Gasteiger partial charge in [-0.15, -0.1) is 0 Å². The van der Waals surface area contributed by atoms with E-state index >= 15 is 0 Å². The number of imidazole rings is 1. The highest BCUT2D eigenvalue weighted by Crippen LogP contribution is 2.36. The number of rotatable bonds is 5. The monoisotopic (exact) mass is 302 g/mol. The van der Waals surface area contributed by atoms with Crippen LogP contribution in [0.2, 0.25) is 0 Å². The molecule has 0 atom stereocenters. The smallest absolute Gasteiger partial charge is 0.211 e. The minimum atomic E-state index is 0.0531. The molecule has 22 heavy (non-hydrogen) atoms. The van der Waals surface area contributed by atoms with Crippen molar-refractivity contribution < 1.29 is 18.6 Å². The first-order valence-corrected chi connectivity index (χ1v) is 6.98. The van der Waals surface area contributed by atoms with Crippen LogP contribution in [0.15, 0.2) is 28.8 Å². The Labute approximate surface area is 128 Å². The second-order valence-electron chi connectivity index (χ2n) is 5.11. The molecule has 1 aromatic carbocycles. The minimum Gasteiger partial charge on any atom is -0.496 e. The lowest BCUT2D eigenvalue weighted by Gasteiger charge is -2.11. The first-order valence-electron chi connectivity index (χ1n) is 6.98. The summed E-state index contributed by atoms with van der Waals surface area (Å²) in [6.45, 7) is 3.95. The van der Waals surface area contributed by atoms with Crippen LogP contribution >= 0.6 is 0 Å². The van der Waals surface area contributed by atoms with Crippen molar-refractivity contribution in [2.75, 3.05) is 14.2 Å². The lowest BCUT2D eigenvalue weighted by atomic mass is 10.2. The Balaban J connectivity index is 2.11. The molecule has 0 fully saturated rings. The molecule has 3 aromatic rings. The molecular weight excluding hydrogens is 284 g/mol. The predicted octanol–water partition coefficient (Wildman–Crippen LogP) is 3.63. The molecule has 0 aliphatic rings. The Hall–Kier alpha value is -2.63. The van der Waals surface area contributed by atoms with Gasteiger partial charge in [-0.2, -0.15) is 0 Å². The van der Waals surface area contributed by atoms with Gasteiger partial charge in [-0.3, -0.25) is 0 Å². The molecule has 1 N–H and O–H groups in total. The topological polar surface area (TPSA) is 69.5 Å². The molecule has 0 radical (unpaired) electrons. The molecule has 0 saturated carbocycles. The van der Waals surface area contributed by atoms with Gasteiger partial charge in [0.15, 0.2) is 11.6 Å². The molecule has 116 valence electrons. The summed E-state index contributed by atoms with van der Waals surface area (Å²) in [7, 11) is 3.19. The quantitative estimate of drug-likeness (QED) is 0.779. The molecule has 0 aliphatic carbocycles. The van der Waals surface area contributed by atoms with E-state index in [1.165, 1.54) is 0 Å². The van der Waals surface area contributed by atoms with Crippen molar-refractivity contribution in [2.24, 2.45) is 0 Å². The van der Waals surface area contributed by atoms with E-state index in [-0.39, 0.29) is 6.10 Å². The van der Waals surface area contributed by atoms with E-state index in [0.29, 0.717) is 28.8 Å². The zero-order valence-corrected chi connectivity index (χ0v) is 13.0. The first-order chi connectivity index (χ1) is 10.6. The third-order valence-corrected chi connectivity index (χ3v) is 3.18. The fraction of sp³-hybridized carbons (Fsp3) is 0.312. The molecule has 0 aliphatic heterocycles. The lowest BCUT2D eigenvalue weighted by Crippen LogP contribution is -2.05. The van der Waals surface area contributed by atoms with Gasteiger partial charge in [0.25, 0.3) is 0 Å². The second-order valence-corrected chi connectivity index (χ2v) is 5.11. The molecule has 0 bridgehead atoms. The Morgan fingerprint density at radius 1 is 1.14 bits per heavy atom. The first kappa shape index (κ1) is 14.3. The summed E-state index contributed by atoms with van der Waals surface area (Å²) in [5.74, 6) is 3.19. The molecule has 0 amide bonds. The standard InChI is InChI=1S/C16H18N2O4/c1-9(2)21-12-5-10(19-3)6-13-11(12)7-14(22-13)16-17-8-15(18-16)20-4/h5-9H,1-4H3,(H,17,18). The summed E-state index contributed by atoms with van der Waals surface area (Å²) in [6.07, 6.45) is 1.66. The van der Waals surface area contributed by atoms with Gasteiger partial charge < -0.3 is 23.6 Å². The summed E-state index contributed by atoms with van der Waals surface area (Å²) in [4.78, 5) is 7.27. The Kier molecular flexibility index (Phi) is 3.66. The van der Waals surface area contributed by atoms with Crippen LogP contribution in [0, 0.1) is 0 Å². The number of hydrogen-bond donors (Lipinski definition) is 1. The number of furan rings is 1. The number of nitrogens with one attached hydrogen (secondary N) is 1. The molecule has 0 unspecified atom stereocenters. The van der Waals surface area contributed by atoms with Crippen molar-refractivity contribution in [3.63, 3.8) is 0 Å². The Bertz CT molecular complexity index is 789. The van der Waals surface area contributed by atoms with Crippen LogP contribution in [-0.2, 0) is 0 Å². The molecule has 0 spiro atoms. The van der Waals surface area contributed by atoms with Gasteiger partial charge in [-0.05, 0) is 19.9 Å². The third kappa shape index (κ3) is 2.59. The maximum atomic E-state index is 5.87. The number of nitrogens with zero attached hydrogens (tertiary/aromatic N) is 1. The summed E-state index contributed by atoms with van der Waals surface area (Å²) >= 11 is 0. The number of aromatic nitrogens is 2. The molecule has 0 saturated heterocycles. The average Bonchev–Trinajstić information content (AvgIpc) is 3.12. The van der Waals surface area contributed by atoms with Gasteiger partial charge in [0.2, 0.25) is 5.88 Å². The van der Waals surface area contributed by atoms with Crippen molar-refractivity contribution >= 4 is 11.0 Å². The van der Waals surface area contributed by atoms with Gasteiger partial charge in [0.1, 0.15) is 17.1 Å². The van der Waals surface area contributed by atoms with Crippen molar-refractivity contribution in [3.05, 3.63) is 24.4 Å². The van der Waals surface area contributed by atoms with Crippen LogP contribution in [0.1, 0.15) is 13.8 Å². The van der Waals surface area contributed by atoms with Gasteiger partial charge in [0.05, 0.1) is 31.9 Å². The highest BCUT2D eigenvalue weighted by Gasteiger charge is 2.15. The van der Waals surface area contributed by atoms with Crippen molar-refractivity contribution in [3.8, 4) is 29.0 Å². The average molecular weight is 302 g/mol. The van der Waals surface area contributed by atoms with Gasteiger partial charge in [-0.25, -0.2) is 4.98 Å². The zero-order valence-electron chi connectivity index (χ0n) is 13.0. The predicted molar refractivity (Wildman–Crippen MR) is 82.7 cm³/mol. The van der Waals surface area contributed by atoms with Gasteiger partial charge in [-0.1, -0.05) is 0 Å². The van der Waals surface area contributed by atoms with Crippen LogP contribution in [0.3, 0.4) is 0 Å². The van der Waals surface area contributed by atoms with Crippen LogP contribution < -0.4 is 14.2 Å². The van der Waals surface area contributed by atoms with Crippen LogP contribution in [-0.4, -0.2) is 30.3 Å². The highest BCUT2D eigenvalue weighted by atomic mass is 16.5. The molecule has 6 heteroatoms. The van der Waals surface area contributed by atoms with Crippen LogP contribution in [0.5, 0.6) is 17.4 Å². The molecule has 2 heterocycles. The summed E-state index contributed by atoms with van der Waals surface area (Å²) in [5.41, 5.74) is 0.681. The highest BCUT2D eigenvalue weighted by molar-refractivity contribution is 5.89. The van der Waals surface area contributed by atoms with E-state index in [4.69, 9.17) is 18.6 Å². The number of methoxy groups -OCH3 is 2. The maximum absolute atomic E-state index is 5.87. The lowest BCUT2D eigenvalue weighted by molar-refractivity contribution is 0.244. The zero-order chi connectivity index (χ0) is 15.7. The number of benzene rings is 1. The van der Waals surface area contributed by atoms with Gasteiger partial charge >= 0.3 is 0 Å². The Morgan fingerprint density at radius 3 is 2.59 bits per heavy atom. The van der Waals surface area contributed by atoms with E-state index in [1.54, 1.807) is 20.4 Å². The van der Waals surface area contributed by atoms with Gasteiger partial charge in [0, 0.05) is 12.1 Å². The van der Waals surface area contributed by atoms with Crippen LogP contribution in [0.4, 0.5) is 0 Å². The molecule has 3 rings (SSSR count). The van der Waals surface area contributed by atoms with E-state index < -0.39 is 0 Å². The number of aromatic amines is 1. The fourth-order valence-electron chi connectivity index (χ4n) is 2.20. The number of ether oxygens (including phenoxy) is 3. The number of H-pyrrole nitrogens is 1. The molecule has 2 aromatic heterocycles. The third-order valence-electron chi connectivity index (χ3n) is 3.18.